The standard InChI is InChI=1S/C23H21N3O4/c27-21-16-12-6-4-7-13(12)20-18(19(16)22(28)25-21)17-14(24-20)8-5-9-15(17)30-23(29)26-10-2-1-3-11-26/h5,8-9,24H,1-4,6-7,10-11H2,(H,25,27,28). The highest BCUT2D eigenvalue weighted by Crippen LogP contribution is 2.43. The second-order valence-electron chi connectivity index (χ2n) is 8.31. The summed E-state index contributed by atoms with van der Waals surface area (Å²) in [4.78, 5) is 43.3. The number of amides is 3. The number of carbonyl (C=O) groups excluding carboxylic acids is 3. The van der Waals surface area contributed by atoms with Gasteiger partial charge in [-0.2, -0.15) is 0 Å². The largest absolute Gasteiger partial charge is 0.415 e. The number of imide groups is 1. The first-order valence-corrected chi connectivity index (χ1v) is 10.6. The Hall–Kier alpha value is -3.35. The van der Waals surface area contributed by atoms with Crippen LogP contribution < -0.4 is 10.1 Å². The van der Waals surface area contributed by atoms with E-state index in [-0.39, 0.29) is 17.9 Å². The number of aromatic amines is 1. The maximum atomic E-state index is 12.8. The van der Waals surface area contributed by atoms with Gasteiger partial charge in [0.25, 0.3) is 11.8 Å². The fourth-order valence-corrected chi connectivity index (χ4v) is 5.29. The summed E-state index contributed by atoms with van der Waals surface area (Å²) in [7, 11) is 0. The number of rotatable bonds is 1. The zero-order chi connectivity index (χ0) is 20.4. The van der Waals surface area contributed by atoms with Gasteiger partial charge in [-0.15, -0.1) is 0 Å². The second-order valence-corrected chi connectivity index (χ2v) is 8.31. The van der Waals surface area contributed by atoms with E-state index in [1.165, 1.54) is 0 Å². The van der Waals surface area contributed by atoms with Crippen LogP contribution in [0.5, 0.6) is 5.75 Å². The summed E-state index contributed by atoms with van der Waals surface area (Å²) in [5.74, 6) is -0.290. The SMILES string of the molecule is O=C1NC(=O)c2c1c1c(c3[nH]c4cccc(OC(=O)N5CCCCC5)c4c23)CCC1. The number of hydrogen-bond acceptors (Lipinski definition) is 4. The monoisotopic (exact) mass is 403 g/mol. The molecule has 3 aliphatic rings. The molecular formula is C23H21N3O4. The molecule has 0 saturated carbocycles. The van der Waals surface area contributed by atoms with Gasteiger partial charge in [0, 0.05) is 18.5 Å². The van der Waals surface area contributed by atoms with Crippen molar-refractivity contribution in [3.8, 4) is 5.75 Å². The molecule has 0 spiro atoms. The smallest absolute Gasteiger partial charge is 0.409 e. The van der Waals surface area contributed by atoms with Crippen molar-refractivity contribution in [1.29, 1.82) is 0 Å². The van der Waals surface area contributed by atoms with Gasteiger partial charge in [0.05, 0.1) is 27.5 Å². The summed E-state index contributed by atoms with van der Waals surface area (Å²) < 4.78 is 5.83. The quantitative estimate of drug-likeness (QED) is 0.607. The number of nitrogens with zero attached hydrogens (tertiary/aromatic N) is 1. The molecule has 1 fully saturated rings. The molecule has 3 heterocycles. The summed E-state index contributed by atoms with van der Waals surface area (Å²) >= 11 is 0. The van der Waals surface area contributed by atoms with Gasteiger partial charge in [-0.05, 0) is 61.8 Å². The molecule has 152 valence electrons. The van der Waals surface area contributed by atoms with Crippen molar-refractivity contribution in [2.75, 3.05) is 13.1 Å². The maximum absolute atomic E-state index is 12.8. The third-order valence-corrected chi connectivity index (χ3v) is 6.60. The molecule has 3 amide bonds. The molecule has 7 nitrogen and oxygen atoms in total. The fraction of sp³-hybridized carbons (Fsp3) is 0.348. The maximum Gasteiger partial charge on any atom is 0.415 e. The molecule has 0 radical (unpaired) electrons. The Bertz CT molecular complexity index is 1270. The van der Waals surface area contributed by atoms with Gasteiger partial charge in [0.2, 0.25) is 0 Å². The molecule has 0 bridgehead atoms. The molecule has 0 atom stereocenters. The Morgan fingerprint density at radius 1 is 0.900 bits per heavy atom. The van der Waals surface area contributed by atoms with E-state index in [9.17, 15) is 14.4 Å². The Kier molecular flexibility index (Phi) is 3.69. The third-order valence-electron chi connectivity index (χ3n) is 6.60. The van der Waals surface area contributed by atoms with E-state index < -0.39 is 0 Å². The zero-order valence-corrected chi connectivity index (χ0v) is 16.5. The van der Waals surface area contributed by atoms with Gasteiger partial charge in [-0.3, -0.25) is 14.9 Å². The fourth-order valence-electron chi connectivity index (χ4n) is 5.29. The summed E-state index contributed by atoms with van der Waals surface area (Å²) in [6, 6.07) is 5.50. The van der Waals surface area contributed by atoms with Crippen molar-refractivity contribution in [2.24, 2.45) is 0 Å². The van der Waals surface area contributed by atoms with Gasteiger partial charge >= 0.3 is 6.09 Å². The van der Waals surface area contributed by atoms with Crippen LogP contribution in [0.25, 0.3) is 21.8 Å². The minimum Gasteiger partial charge on any atom is -0.409 e. The highest BCUT2D eigenvalue weighted by Gasteiger charge is 2.37. The Balaban J connectivity index is 1.59. The number of likely N-dealkylation sites (tertiary alicyclic amines) is 1. The van der Waals surface area contributed by atoms with E-state index in [2.05, 4.69) is 10.3 Å². The molecule has 7 heteroatoms. The van der Waals surface area contributed by atoms with Crippen LogP contribution >= 0.6 is 0 Å². The van der Waals surface area contributed by atoms with Gasteiger partial charge in [-0.1, -0.05) is 6.07 Å². The third kappa shape index (κ3) is 2.35. The van der Waals surface area contributed by atoms with Crippen LogP contribution in [0.3, 0.4) is 0 Å². The van der Waals surface area contributed by atoms with Crippen LogP contribution in [0.1, 0.15) is 57.5 Å². The van der Waals surface area contributed by atoms with E-state index >= 15 is 0 Å². The van der Waals surface area contributed by atoms with E-state index in [0.29, 0.717) is 40.7 Å². The number of nitrogens with one attached hydrogen (secondary N) is 2. The van der Waals surface area contributed by atoms with Gasteiger partial charge in [0.15, 0.2) is 0 Å². The van der Waals surface area contributed by atoms with Crippen LogP contribution in [-0.2, 0) is 12.8 Å². The number of carbonyl (C=O) groups is 3. The molecule has 2 N–H and O–H groups in total. The van der Waals surface area contributed by atoms with Crippen LogP contribution in [-0.4, -0.2) is 40.9 Å². The Labute approximate surface area is 172 Å². The average molecular weight is 403 g/mol. The number of hydrogen-bond donors (Lipinski definition) is 2. The lowest BCUT2D eigenvalue weighted by Gasteiger charge is -2.25. The minimum absolute atomic E-state index is 0.327. The Morgan fingerprint density at radius 3 is 2.50 bits per heavy atom. The topological polar surface area (TPSA) is 91.5 Å². The van der Waals surface area contributed by atoms with Crippen molar-refractivity contribution in [3.63, 3.8) is 0 Å². The lowest BCUT2D eigenvalue weighted by atomic mass is 9.93. The number of piperidine rings is 1. The average Bonchev–Trinajstić information content (AvgIpc) is 3.44. The number of aromatic nitrogens is 1. The summed E-state index contributed by atoms with van der Waals surface area (Å²) in [6.45, 7) is 1.39. The number of fused-ring (bicyclic) bond motifs is 8. The van der Waals surface area contributed by atoms with Crippen molar-refractivity contribution >= 4 is 39.7 Å². The molecule has 0 unspecified atom stereocenters. The van der Waals surface area contributed by atoms with Crippen molar-refractivity contribution < 1.29 is 19.1 Å². The highest BCUT2D eigenvalue weighted by atomic mass is 16.6. The second kappa shape index (κ2) is 6.32. The summed E-state index contributed by atoms with van der Waals surface area (Å²) in [5.41, 5.74) is 4.64. The van der Waals surface area contributed by atoms with Crippen LogP contribution in [0, 0.1) is 0 Å². The van der Waals surface area contributed by atoms with E-state index in [1.54, 1.807) is 11.0 Å². The number of H-pyrrole nitrogens is 1. The van der Waals surface area contributed by atoms with E-state index in [1.807, 2.05) is 12.1 Å². The molecule has 3 aromatic rings. The number of ether oxygens (including phenoxy) is 1. The first-order valence-electron chi connectivity index (χ1n) is 10.6. The predicted octanol–water partition coefficient (Wildman–Crippen LogP) is 3.68. The van der Waals surface area contributed by atoms with Gasteiger partial charge in [0.1, 0.15) is 5.75 Å². The molecule has 1 saturated heterocycles. The lowest BCUT2D eigenvalue weighted by Crippen LogP contribution is -2.37. The zero-order valence-electron chi connectivity index (χ0n) is 16.5. The molecule has 30 heavy (non-hydrogen) atoms. The number of benzene rings is 2. The first-order chi connectivity index (χ1) is 14.6. The molecular weight excluding hydrogens is 382 g/mol. The molecule has 2 aliphatic heterocycles. The van der Waals surface area contributed by atoms with Crippen molar-refractivity contribution in [2.45, 2.75) is 38.5 Å². The van der Waals surface area contributed by atoms with Crippen LogP contribution in [0.15, 0.2) is 18.2 Å². The summed E-state index contributed by atoms with van der Waals surface area (Å²) in [5, 5.41) is 3.84. The Morgan fingerprint density at radius 2 is 1.67 bits per heavy atom. The van der Waals surface area contributed by atoms with E-state index in [4.69, 9.17) is 4.74 Å². The first kappa shape index (κ1) is 17.5. The molecule has 1 aromatic heterocycles. The van der Waals surface area contributed by atoms with E-state index in [0.717, 1.165) is 60.7 Å². The van der Waals surface area contributed by atoms with Crippen molar-refractivity contribution in [3.05, 3.63) is 40.5 Å². The van der Waals surface area contributed by atoms with Crippen LogP contribution in [0.2, 0.25) is 0 Å². The molecule has 1 aliphatic carbocycles. The van der Waals surface area contributed by atoms with Crippen molar-refractivity contribution in [1.82, 2.24) is 15.2 Å². The lowest BCUT2D eigenvalue weighted by molar-refractivity contribution is 0.0879. The predicted molar refractivity (Wildman–Crippen MR) is 111 cm³/mol. The van der Waals surface area contributed by atoms with Gasteiger partial charge < -0.3 is 14.6 Å². The summed E-state index contributed by atoms with van der Waals surface area (Å²) in [6.07, 6.45) is 5.32. The molecule has 2 aromatic carbocycles. The molecule has 6 rings (SSSR count). The minimum atomic E-state index is -0.382. The van der Waals surface area contributed by atoms with Gasteiger partial charge in [-0.25, -0.2) is 4.79 Å². The van der Waals surface area contributed by atoms with Crippen LogP contribution in [0.4, 0.5) is 4.79 Å². The highest BCUT2D eigenvalue weighted by molar-refractivity contribution is 6.32. The normalized spacial score (nSPS) is 18.1. The number of aryl methyl sites for hydroxylation is 1.